The van der Waals surface area contributed by atoms with Crippen molar-refractivity contribution >= 4 is 5.71 Å². The van der Waals surface area contributed by atoms with Gasteiger partial charge in [0.1, 0.15) is 11.8 Å². The minimum absolute atomic E-state index is 0.0165. The second-order valence-electron chi connectivity index (χ2n) is 2.44. The normalized spacial score (nSPS) is 11.2. The van der Waals surface area contributed by atoms with Crippen molar-refractivity contribution in [2.24, 2.45) is 5.16 Å². The third-order valence-electron chi connectivity index (χ3n) is 1.56. The lowest BCUT2D eigenvalue weighted by atomic mass is 10.1. The average molecular weight is 212 g/mol. The van der Waals surface area contributed by atoms with Gasteiger partial charge >= 0.3 is 6.61 Å². The first-order valence-corrected chi connectivity index (χ1v) is 3.85. The number of nitriles is 1. The molecule has 15 heavy (non-hydrogen) atoms. The van der Waals surface area contributed by atoms with E-state index in [1.807, 2.05) is 0 Å². The van der Waals surface area contributed by atoms with Crippen molar-refractivity contribution < 1.29 is 18.7 Å². The van der Waals surface area contributed by atoms with Crippen molar-refractivity contribution in [2.45, 2.75) is 6.61 Å². The molecule has 1 aromatic carbocycles. The van der Waals surface area contributed by atoms with Gasteiger partial charge in [-0.05, 0) is 12.1 Å². The van der Waals surface area contributed by atoms with Gasteiger partial charge in [0, 0.05) is 0 Å². The monoisotopic (exact) mass is 212 g/mol. The number of hydrogen-bond acceptors (Lipinski definition) is 4. The van der Waals surface area contributed by atoms with E-state index in [1.165, 1.54) is 24.3 Å². The fourth-order valence-electron chi connectivity index (χ4n) is 0.997. The first-order valence-electron chi connectivity index (χ1n) is 3.85. The molecule has 1 aromatic rings. The molecule has 0 fully saturated rings. The van der Waals surface area contributed by atoms with Crippen molar-refractivity contribution in [3.05, 3.63) is 29.8 Å². The van der Waals surface area contributed by atoms with Crippen LogP contribution in [-0.2, 0) is 0 Å². The van der Waals surface area contributed by atoms with Crippen LogP contribution < -0.4 is 4.74 Å². The quantitative estimate of drug-likeness (QED) is 0.473. The fourth-order valence-corrected chi connectivity index (χ4v) is 0.997. The van der Waals surface area contributed by atoms with Crippen molar-refractivity contribution in [3.8, 4) is 11.8 Å². The second kappa shape index (κ2) is 4.91. The second-order valence-corrected chi connectivity index (χ2v) is 2.44. The molecule has 0 aliphatic carbocycles. The molecule has 0 radical (unpaired) electrons. The molecule has 0 unspecified atom stereocenters. The SMILES string of the molecule is N#CC(=NO)c1ccccc1OC(F)F. The van der Waals surface area contributed by atoms with E-state index in [-0.39, 0.29) is 17.0 Å². The number of alkyl halides is 2. The van der Waals surface area contributed by atoms with Gasteiger partial charge in [-0.3, -0.25) is 0 Å². The number of rotatable bonds is 3. The van der Waals surface area contributed by atoms with Crippen molar-refractivity contribution in [3.63, 3.8) is 0 Å². The molecular formula is C9H6F2N2O2. The Morgan fingerprint density at radius 1 is 1.47 bits per heavy atom. The molecule has 0 heterocycles. The summed E-state index contributed by atoms with van der Waals surface area (Å²) >= 11 is 0. The van der Waals surface area contributed by atoms with Crippen LogP contribution in [0.2, 0.25) is 0 Å². The predicted molar refractivity (Wildman–Crippen MR) is 47.0 cm³/mol. The number of oxime groups is 1. The molecule has 0 spiro atoms. The summed E-state index contributed by atoms with van der Waals surface area (Å²) in [5.41, 5.74) is -0.367. The number of para-hydroxylation sites is 1. The zero-order valence-corrected chi connectivity index (χ0v) is 7.39. The minimum Gasteiger partial charge on any atom is -0.434 e. The smallest absolute Gasteiger partial charge is 0.387 e. The van der Waals surface area contributed by atoms with Gasteiger partial charge in [0.05, 0.1) is 5.56 Å². The summed E-state index contributed by atoms with van der Waals surface area (Å²) in [5.74, 6) is -0.207. The van der Waals surface area contributed by atoms with Gasteiger partial charge in [0.25, 0.3) is 0 Å². The lowest BCUT2D eigenvalue weighted by Crippen LogP contribution is -2.07. The number of ether oxygens (including phenoxy) is 1. The first-order chi connectivity index (χ1) is 7.19. The predicted octanol–water partition coefficient (Wildman–Crippen LogP) is 1.99. The van der Waals surface area contributed by atoms with Crippen molar-refractivity contribution in [1.29, 1.82) is 5.26 Å². The summed E-state index contributed by atoms with van der Waals surface area (Å²) in [5, 5.41) is 19.7. The third-order valence-corrected chi connectivity index (χ3v) is 1.56. The fraction of sp³-hybridized carbons (Fsp3) is 0.111. The van der Waals surface area contributed by atoms with Gasteiger partial charge < -0.3 is 9.94 Å². The third kappa shape index (κ3) is 2.64. The Morgan fingerprint density at radius 2 is 2.13 bits per heavy atom. The maximum Gasteiger partial charge on any atom is 0.387 e. The first kappa shape index (κ1) is 10.9. The Morgan fingerprint density at radius 3 is 2.67 bits per heavy atom. The van der Waals surface area contributed by atoms with Crippen LogP contribution in [0.4, 0.5) is 8.78 Å². The maximum absolute atomic E-state index is 12.0. The molecule has 0 atom stereocenters. The summed E-state index contributed by atoms with van der Waals surface area (Å²) in [6, 6.07) is 7.13. The topological polar surface area (TPSA) is 65.6 Å². The molecule has 1 N–H and O–H groups in total. The van der Waals surface area contributed by atoms with Crippen LogP contribution in [0.1, 0.15) is 5.56 Å². The van der Waals surface area contributed by atoms with Crippen LogP contribution in [-0.4, -0.2) is 17.5 Å². The molecule has 0 saturated carbocycles. The van der Waals surface area contributed by atoms with Gasteiger partial charge in [-0.1, -0.05) is 17.3 Å². The van der Waals surface area contributed by atoms with Crippen LogP contribution in [0, 0.1) is 11.3 Å². The van der Waals surface area contributed by atoms with Gasteiger partial charge in [-0.15, -0.1) is 0 Å². The van der Waals surface area contributed by atoms with E-state index in [2.05, 4.69) is 9.89 Å². The van der Waals surface area contributed by atoms with Gasteiger partial charge in [0.2, 0.25) is 0 Å². The van der Waals surface area contributed by atoms with E-state index in [0.717, 1.165) is 0 Å². The largest absolute Gasteiger partial charge is 0.434 e. The Labute approximate surface area is 84.0 Å². The highest BCUT2D eigenvalue weighted by Gasteiger charge is 2.13. The molecule has 4 nitrogen and oxygen atoms in total. The van der Waals surface area contributed by atoms with Gasteiger partial charge in [-0.2, -0.15) is 14.0 Å². The van der Waals surface area contributed by atoms with Crippen LogP contribution in [0.15, 0.2) is 29.4 Å². The Bertz CT molecular complexity index is 413. The minimum atomic E-state index is -3.00. The highest BCUT2D eigenvalue weighted by Crippen LogP contribution is 2.20. The molecule has 78 valence electrons. The van der Waals surface area contributed by atoms with Gasteiger partial charge in [-0.25, -0.2) is 0 Å². The number of benzene rings is 1. The molecule has 0 amide bonds. The van der Waals surface area contributed by atoms with E-state index in [0.29, 0.717) is 0 Å². The van der Waals surface area contributed by atoms with E-state index in [9.17, 15) is 8.78 Å². The average Bonchev–Trinajstić information content (AvgIpc) is 2.21. The maximum atomic E-state index is 12.0. The Hall–Kier alpha value is -2.16. The van der Waals surface area contributed by atoms with E-state index >= 15 is 0 Å². The molecule has 1 rings (SSSR count). The number of hydrogen-bond donors (Lipinski definition) is 1. The lowest BCUT2D eigenvalue weighted by Gasteiger charge is -2.07. The summed E-state index contributed by atoms with van der Waals surface area (Å²) in [4.78, 5) is 0. The standard InChI is InChI=1S/C9H6F2N2O2/c10-9(11)15-8-4-2-1-3-6(8)7(5-12)13-14/h1-4,9,14H. The summed E-state index contributed by atoms with van der Waals surface area (Å²) in [6.07, 6.45) is 0. The Balaban J connectivity index is 3.13. The molecule has 0 aliphatic heterocycles. The van der Waals surface area contributed by atoms with Gasteiger partial charge in [0.15, 0.2) is 5.71 Å². The van der Waals surface area contributed by atoms with Crippen LogP contribution in [0.3, 0.4) is 0 Å². The van der Waals surface area contributed by atoms with Crippen LogP contribution in [0.25, 0.3) is 0 Å². The van der Waals surface area contributed by atoms with Crippen LogP contribution in [0.5, 0.6) is 5.75 Å². The zero-order chi connectivity index (χ0) is 11.3. The number of halogens is 2. The number of nitrogens with zero attached hydrogens (tertiary/aromatic N) is 2. The molecule has 0 saturated heterocycles. The van der Waals surface area contributed by atoms with E-state index in [4.69, 9.17) is 10.5 Å². The lowest BCUT2D eigenvalue weighted by molar-refractivity contribution is -0.0499. The van der Waals surface area contributed by atoms with Crippen LogP contribution >= 0.6 is 0 Å². The molecular weight excluding hydrogens is 206 g/mol. The highest BCUT2D eigenvalue weighted by molar-refractivity contribution is 6.12. The molecule has 0 aliphatic rings. The highest BCUT2D eigenvalue weighted by atomic mass is 19.3. The molecule has 6 heteroatoms. The summed E-state index contributed by atoms with van der Waals surface area (Å²) in [6.45, 7) is -3.00. The van der Waals surface area contributed by atoms with Crippen molar-refractivity contribution in [1.82, 2.24) is 0 Å². The zero-order valence-electron chi connectivity index (χ0n) is 7.39. The summed E-state index contributed by atoms with van der Waals surface area (Å²) < 4.78 is 28.1. The summed E-state index contributed by atoms with van der Waals surface area (Å²) in [7, 11) is 0. The van der Waals surface area contributed by atoms with Crippen molar-refractivity contribution in [2.75, 3.05) is 0 Å². The van der Waals surface area contributed by atoms with E-state index in [1.54, 1.807) is 6.07 Å². The molecule has 0 aromatic heterocycles. The van der Waals surface area contributed by atoms with E-state index < -0.39 is 6.61 Å². The molecule has 0 bridgehead atoms. The Kier molecular flexibility index (Phi) is 3.57.